The number of anilines is 1. The van der Waals surface area contributed by atoms with Crippen LogP contribution >= 0.6 is 23.2 Å². The third-order valence-corrected chi connectivity index (χ3v) is 4.11. The summed E-state index contributed by atoms with van der Waals surface area (Å²) < 4.78 is 80.8. The van der Waals surface area contributed by atoms with E-state index in [2.05, 4.69) is 15.1 Å². The van der Waals surface area contributed by atoms with Crippen LogP contribution in [0, 0.1) is 0 Å². The van der Waals surface area contributed by atoms with Gasteiger partial charge in [0.1, 0.15) is 11.5 Å². The number of nitrogens with zero attached hydrogens (tertiary/aromatic N) is 5. The predicted molar refractivity (Wildman–Crippen MR) is 91.0 cm³/mol. The molecule has 0 radical (unpaired) electrons. The van der Waals surface area contributed by atoms with E-state index < -0.39 is 34.6 Å². The Labute approximate surface area is 163 Å². The molecule has 3 aromatic rings. The van der Waals surface area contributed by atoms with E-state index in [9.17, 15) is 26.3 Å². The zero-order chi connectivity index (χ0) is 21.0. The van der Waals surface area contributed by atoms with Crippen LogP contribution in [0.3, 0.4) is 0 Å². The summed E-state index contributed by atoms with van der Waals surface area (Å²) in [6, 6.07) is 1.23. The number of fused-ring (bicyclic) bond motifs is 1. The van der Waals surface area contributed by atoms with Crippen LogP contribution in [-0.2, 0) is 12.4 Å². The highest BCUT2D eigenvalue weighted by molar-refractivity contribution is 6.35. The van der Waals surface area contributed by atoms with Crippen LogP contribution in [0.2, 0.25) is 10.0 Å². The summed E-state index contributed by atoms with van der Waals surface area (Å²) in [4.78, 5) is 8.45. The van der Waals surface area contributed by atoms with Gasteiger partial charge in [-0.25, -0.2) is 9.97 Å². The largest absolute Gasteiger partial charge is 0.433 e. The molecule has 0 aliphatic rings. The minimum atomic E-state index is -5.09. The van der Waals surface area contributed by atoms with Crippen molar-refractivity contribution in [1.29, 1.82) is 0 Å². The van der Waals surface area contributed by atoms with Crippen LogP contribution in [-0.4, -0.2) is 33.8 Å². The van der Waals surface area contributed by atoms with Gasteiger partial charge in [0.25, 0.3) is 0 Å². The Morgan fingerprint density at radius 1 is 1.00 bits per heavy atom. The van der Waals surface area contributed by atoms with Crippen LogP contribution in [0.1, 0.15) is 11.3 Å². The van der Waals surface area contributed by atoms with Crippen molar-refractivity contribution >= 4 is 40.1 Å². The quantitative estimate of drug-likeness (QED) is 0.509. The van der Waals surface area contributed by atoms with E-state index in [-0.39, 0.29) is 27.7 Å². The van der Waals surface area contributed by atoms with E-state index in [4.69, 9.17) is 23.2 Å². The van der Waals surface area contributed by atoms with E-state index in [1.807, 2.05) is 0 Å². The van der Waals surface area contributed by atoms with Crippen molar-refractivity contribution in [1.82, 2.24) is 19.7 Å². The summed E-state index contributed by atoms with van der Waals surface area (Å²) in [6.45, 7) is 0. The van der Waals surface area contributed by atoms with Crippen molar-refractivity contribution in [3.8, 4) is 5.82 Å². The summed E-state index contributed by atoms with van der Waals surface area (Å²) in [5.41, 5.74) is -3.99. The highest BCUT2D eigenvalue weighted by Crippen LogP contribution is 2.42. The number of rotatable bonds is 2. The standard InChI is InChI=1S/C15H9Cl2F6N5/c1-27(2)13-10-7(14(18,19)20)4-9(15(21,22)23)25-11(10)26-28(13)12-8(17)3-6(16)5-24-12/h3-5H,1-2H3. The number of halogens is 8. The lowest BCUT2D eigenvalue weighted by Gasteiger charge is -2.18. The van der Waals surface area contributed by atoms with Crippen molar-refractivity contribution < 1.29 is 26.3 Å². The molecule has 13 heteroatoms. The third-order valence-electron chi connectivity index (χ3n) is 3.63. The van der Waals surface area contributed by atoms with Crippen LogP contribution in [0.5, 0.6) is 0 Å². The second-order valence-corrected chi connectivity index (χ2v) is 6.68. The molecule has 0 saturated heterocycles. The molecule has 3 heterocycles. The molecule has 0 atom stereocenters. The van der Waals surface area contributed by atoms with Crippen LogP contribution in [0.4, 0.5) is 32.2 Å². The predicted octanol–water partition coefficient (Wildman–Crippen LogP) is 5.23. The highest BCUT2D eigenvalue weighted by Gasteiger charge is 2.41. The molecule has 0 bridgehead atoms. The molecule has 0 aliphatic heterocycles. The maximum absolute atomic E-state index is 13.6. The Kier molecular flexibility index (Phi) is 4.87. The molecule has 0 unspecified atom stereocenters. The zero-order valence-corrected chi connectivity index (χ0v) is 15.5. The first kappa shape index (κ1) is 20.5. The molecule has 0 fully saturated rings. The number of aromatic nitrogens is 4. The van der Waals surface area contributed by atoms with Crippen molar-refractivity contribution in [3.05, 3.63) is 39.6 Å². The first-order valence-corrected chi connectivity index (χ1v) is 8.13. The normalized spacial score (nSPS) is 12.6. The lowest BCUT2D eigenvalue weighted by molar-refractivity contribution is -0.144. The van der Waals surface area contributed by atoms with Gasteiger partial charge < -0.3 is 4.90 Å². The summed E-state index contributed by atoms with van der Waals surface area (Å²) in [7, 11) is 2.79. The minimum Gasteiger partial charge on any atom is -0.362 e. The fourth-order valence-corrected chi connectivity index (χ4v) is 3.03. The van der Waals surface area contributed by atoms with Gasteiger partial charge in [0, 0.05) is 20.3 Å². The number of hydrogen-bond acceptors (Lipinski definition) is 4. The highest BCUT2D eigenvalue weighted by atomic mass is 35.5. The second-order valence-electron chi connectivity index (χ2n) is 5.84. The fourth-order valence-electron chi connectivity index (χ4n) is 2.57. The van der Waals surface area contributed by atoms with Crippen LogP contribution in [0.25, 0.3) is 16.9 Å². The van der Waals surface area contributed by atoms with Crippen LogP contribution in [0.15, 0.2) is 18.3 Å². The van der Waals surface area contributed by atoms with Gasteiger partial charge in [0.2, 0.25) is 0 Å². The maximum Gasteiger partial charge on any atom is 0.433 e. The van der Waals surface area contributed by atoms with E-state index in [1.165, 1.54) is 31.3 Å². The molecular formula is C15H9Cl2F6N5. The van der Waals surface area contributed by atoms with E-state index in [0.29, 0.717) is 0 Å². The van der Waals surface area contributed by atoms with Gasteiger partial charge in [-0.15, -0.1) is 5.10 Å². The minimum absolute atomic E-state index is 0.0434. The Hall–Kier alpha value is -2.27. The number of hydrogen-bond donors (Lipinski definition) is 0. The SMILES string of the molecule is CN(C)c1c2c(C(F)(F)F)cc(C(F)(F)F)nc2nn1-c1ncc(Cl)cc1Cl. The smallest absolute Gasteiger partial charge is 0.362 e. The van der Waals surface area contributed by atoms with Gasteiger partial charge in [0.15, 0.2) is 11.5 Å². The molecular weight excluding hydrogens is 435 g/mol. The lowest BCUT2D eigenvalue weighted by Crippen LogP contribution is -2.17. The third kappa shape index (κ3) is 3.55. The summed E-state index contributed by atoms with van der Waals surface area (Å²) in [5, 5.41) is 3.30. The fraction of sp³-hybridized carbons (Fsp3) is 0.267. The Morgan fingerprint density at radius 2 is 1.64 bits per heavy atom. The van der Waals surface area contributed by atoms with Crippen molar-refractivity contribution in [2.45, 2.75) is 12.4 Å². The van der Waals surface area contributed by atoms with Gasteiger partial charge in [0.05, 0.1) is 21.0 Å². The molecule has 0 amide bonds. The molecule has 28 heavy (non-hydrogen) atoms. The summed E-state index contributed by atoms with van der Waals surface area (Å²) in [5.74, 6) is -0.310. The molecule has 3 aromatic heterocycles. The molecule has 0 N–H and O–H groups in total. The molecule has 0 saturated carbocycles. The molecule has 0 spiro atoms. The first-order valence-electron chi connectivity index (χ1n) is 7.37. The van der Waals surface area contributed by atoms with Crippen LogP contribution < -0.4 is 4.90 Å². The maximum atomic E-state index is 13.6. The summed E-state index contributed by atoms with van der Waals surface area (Å²) >= 11 is 11.8. The molecule has 0 aromatic carbocycles. The Balaban J connectivity index is 2.47. The lowest BCUT2D eigenvalue weighted by atomic mass is 10.1. The molecule has 150 valence electrons. The Bertz CT molecular complexity index is 1060. The number of pyridine rings is 2. The van der Waals surface area contributed by atoms with Gasteiger partial charge in [-0.1, -0.05) is 23.2 Å². The van der Waals surface area contributed by atoms with E-state index >= 15 is 0 Å². The average Bonchev–Trinajstić information content (AvgIpc) is 2.91. The average molecular weight is 444 g/mol. The monoisotopic (exact) mass is 443 g/mol. The van der Waals surface area contributed by atoms with Crippen molar-refractivity contribution in [2.75, 3.05) is 19.0 Å². The second kappa shape index (κ2) is 6.66. The van der Waals surface area contributed by atoms with Crippen molar-refractivity contribution in [2.24, 2.45) is 0 Å². The Morgan fingerprint density at radius 3 is 2.14 bits per heavy atom. The number of alkyl halides is 6. The molecule has 5 nitrogen and oxygen atoms in total. The summed E-state index contributed by atoms with van der Waals surface area (Å²) in [6.07, 6.45) is -9.00. The molecule has 0 aliphatic carbocycles. The first-order chi connectivity index (χ1) is 12.8. The topological polar surface area (TPSA) is 46.8 Å². The van der Waals surface area contributed by atoms with Gasteiger partial charge in [-0.3, -0.25) is 0 Å². The molecule has 3 rings (SSSR count). The zero-order valence-electron chi connectivity index (χ0n) is 14.0. The van der Waals surface area contributed by atoms with Gasteiger partial charge in [-0.2, -0.15) is 31.0 Å². The van der Waals surface area contributed by atoms with Gasteiger partial charge >= 0.3 is 12.4 Å². The van der Waals surface area contributed by atoms with Gasteiger partial charge in [-0.05, 0) is 12.1 Å². The van der Waals surface area contributed by atoms with E-state index in [1.54, 1.807) is 0 Å². The van der Waals surface area contributed by atoms with E-state index in [0.717, 1.165) is 4.68 Å². The van der Waals surface area contributed by atoms with Crippen molar-refractivity contribution in [3.63, 3.8) is 0 Å².